The number of benzene rings is 3. The van der Waals surface area contributed by atoms with E-state index in [1.165, 1.54) is 21.7 Å². The second-order valence-corrected chi connectivity index (χ2v) is 20.7. The van der Waals surface area contributed by atoms with Crippen molar-refractivity contribution in [3.05, 3.63) is 141 Å². The lowest BCUT2D eigenvalue weighted by Crippen LogP contribution is -2.49. The lowest BCUT2D eigenvalue weighted by molar-refractivity contribution is -0.142. The normalized spacial score (nSPS) is 17.7. The highest BCUT2D eigenvalue weighted by Crippen LogP contribution is 2.40. The van der Waals surface area contributed by atoms with Gasteiger partial charge in [0.2, 0.25) is 17.7 Å². The molecule has 9 rings (SSSR count). The van der Waals surface area contributed by atoms with E-state index in [1.807, 2.05) is 87.7 Å². The lowest BCUT2D eigenvalue weighted by atomic mass is 9.99. The van der Waals surface area contributed by atoms with Gasteiger partial charge in [0.05, 0.1) is 49.0 Å². The molecule has 2 aliphatic heterocycles. The zero-order chi connectivity index (χ0) is 51.1. The number of rotatable bonds is 15. The third-order valence-electron chi connectivity index (χ3n) is 13.4. The highest BCUT2D eigenvalue weighted by atomic mass is 35.5. The number of aryl methyl sites for hydroxylation is 3. The van der Waals surface area contributed by atoms with E-state index in [9.17, 15) is 19.5 Å². The summed E-state index contributed by atoms with van der Waals surface area (Å²) in [7, 11) is 0. The number of halogens is 2. The van der Waals surface area contributed by atoms with Gasteiger partial charge in [0, 0.05) is 63.1 Å². The number of carbonyl (C=O) groups is 3. The van der Waals surface area contributed by atoms with Gasteiger partial charge < -0.3 is 30.4 Å². The molecule has 4 aromatic heterocycles. The topological polar surface area (TPSA) is 198 Å². The number of aromatic nitrogens is 7. The number of nitrogens with one attached hydrogen (secondary N) is 3. The van der Waals surface area contributed by atoms with Crippen molar-refractivity contribution in [2.45, 2.75) is 105 Å². The second kappa shape index (κ2) is 20.6. The van der Waals surface area contributed by atoms with Crippen molar-refractivity contribution in [1.82, 2.24) is 50.0 Å². The highest BCUT2D eigenvalue weighted by molar-refractivity contribution is 7.15. The molecule has 2 aliphatic rings. The molecule has 0 bridgehead atoms. The van der Waals surface area contributed by atoms with Gasteiger partial charge in [-0.3, -0.25) is 28.6 Å². The first-order valence-corrected chi connectivity index (χ1v) is 25.2. The Morgan fingerprint density at radius 3 is 2.40 bits per heavy atom. The zero-order valence-corrected chi connectivity index (χ0v) is 42.8. The Hall–Kier alpha value is -7.02. The number of aromatic amines is 1. The van der Waals surface area contributed by atoms with Crippen LogP contribution in [0.1, 0.15) is 103 Å². The molecule has 1 fully saturated rings. The largest absolute Gasteiger partial charge is 0.489 e. The number of aliphatic imine (C=N–C) groups is 1. The van der Waals surface area contributed by atoms with Crippen LogP contribution in [-0.4, -0.2) is 99.3 Å². The van der Waals surface area contributed by atoms with Crippen LogP contribution in [-0.2, 0) is 14.4 Å². The molecule has 2 unspecified atom stereocenters. The number of β-amino-alcohol motifs (C(OH)–C–C–N with tert-alkyl or cyclic N) is 1. The maximum Gasteiger partial charge on any atom is 0.248 e. The van der Waals surface area contributed by atoms with Gasteiger partial charge in [-0.25, -0.2) is 9.37 Å². The van der Waals surface area contributed by atoms with E-state index >= 15 is 4.39 Å². The van der Waals surface area contributed by atoms with Crippen LogP contribution < -0.4 is 15.4 Å². The quantitative estimate of drug-likeness (QED) is 0.0778. The Balaban J connectivity index is 0.850. The number of nitrogens with zero attached hydrogens (tertiary/aromatic N) is 8. The summed E-state index contributed by atoms with van der Waals surface area (Å²) in [5.74, 6) is -0.365. The molecule has 6 atom stereocenters. The number of imidazole rings is 1. The molecule has 6 heterocycles. The third-order valence-corrected chi connectivity index (χ3v) is 14.8. The Labute approximate surface area is 425 Å². The van der Waals surface area contributed by atoms with Crippen LogP contribution in [0.15, 0.2) is 90.4 Å². The Kier molecular flexibility index (Phi) is 14.3. The predicted molar refractivity (Wildman–Crippen MR) is 274 cm³/mol. The number of H-pyrrole nitrogens is 1. The fourth-order valence-electron chi connectivity index (χ4n) is 9.50. The first-order valence-electron chi connectivity index (χ1n) is 24.0. The van der Waals surface area contributed by atoms with Crippen LogP contribution in [0.3, 0.4) is 0 Å². The van der Waals surface area contributed by atoms with Crippen molar-refractivity contribution < 1.29 is 28.6 Å². The summed E-state index contributed by atoms with van der Waals surface area (Å²) in [6.45, 7) is 15.5. The first-order chi connectivity index (χ1) is 34.4. The molecule has 0 aliphatic carbocycles. The summed E-state index contributed by atoms with van der Waals surface area (Å²) >= 11 is 7.90. The minimum Gasteiger partial charge on any atom is -0.489 e. The highest BCUT2D eigenvalue weighted by Gasteiger charge is 2.43. The lowest BCUT2D eigenvalue weighted by Gasteiger charge is -2.30. The molecule has 0 radical (unpaired) electrons. The molecule has 19 heteroatoms. The predicted octanol–water partition coefficient (Wildman–Crippen LogP) is 8.51. The molecule has 1 saturated heterocycles. The number of hydrogen-bond acceptors (Lipinski definition) is 11. The molecular weight excluding hydrogens is 957 g/mol. The summed E-state index contributed by atoms with van der Waals surface area (Å²) in [6.07, 6.45) is 3.48. The number of ether oxygens (including phenoxy) is 1. The Morgan fingerprint density at radius 2 is 1.69 bits per heavy atom. The van der Waals surface area contributed by atoms with Gasteiger partial charge in [-0.05, 0) is 88.4 Å². The minimum absolute atomic E-state index is 0.0123. The number of likely N-dealkylation sites (tertiary alicyclic amines) is 1. The van der Waals surface area contributed by atoms with Gasteiger partial charge in [0.15, 0.2) is 5.82 Å². The van der Waals surface area contributed by atoms with Gasteiger partial charge >= 0.3 is 0 Å². The van der Waals surface area contributed by atoms with Crippen LogP contribution >= 0.6 is 22.9 Å². The number of carbonyl (C=O) groups excluding carboxylic acids is 3. The molecule has 0 spiro atoms. The average molecular weight is 1010 g/mol. The molecule has 16 nitrogen and oxygen atoms in total. The molecule has 374 valence electrons. The smallest absolute Gasteiger partial charge is 0.248 e. The number of amides is 3. The van der Waals surface area contributed by atoms with Gasteiger partial charge in [0.25, 0.3) is 0 Å². The van der Waals surface area contributed by atoms with Crippen molar-refractivity contribution >= 4 is 46.4 Å². The molecule has 7 aromatic rings. The van der Waals surface area contributed by atoms with Crippen LogP contribution in [0, 0.1) is 39.4 Å². The number of fused-ring (bicyclic) bond motifs is 3. The molecule has 0 saturated carbocycles. The first kappa shape index (κ1) is 49.9. The minimum atomic E-state index is -0.903. The number of aliphatic hydroxyl groups excluding tert-OH is 1. The summed E-state index contributed by atoms with van der Waals surface area (Å²) in [5, 5.41) is 31.8. The molecule has 72 heavy (non-hydrogen) atoms. The van der Waals surface area contributed by atoms with Crippen LogP contribution in [0.25, 0.3) is 27.4 Å². The van der Waals surface area contributed by atoms with E-state index in [0.717, 1.165) is 54.8 Å². The average Bonchev–Trinajstić information content (AvgIpc) is 4.19. The number of hydrogen-bond donors (Lipinski definition) is 4. The van der Waals surface area contributed by atoms with Crippen LogP contribution in [0.2, 0.25) is 5.02 Å². The third kappa shape index (κ3) is 10.2. The summed E-state index contributed by atoms with van der Waals surface area (Å²) in [4.78, 5) is 57.2. The molecular formula is C53H57ClFN11O5S. The van der Waals surface area contributed by atoms with E-state index in [4.69, 9.17) is 21.3 Å². The van der Waals surface area contributed by atoms with Crippen LogP contribution in [0.4, 0.5) is 4.39 Å². The fourth-order valence-corrected chi connectivity index (χ4v) is 10.8. The zero-order valence-electron chi connectivity index (χ0n) is 41.3. The monoisotopic (exact) mass is 1010 g/mol. The van der Waals surface area contributed by atoms with Crippen molar-refractivity contribution in [2.24, 2.45) is 10.9 Å². The van der Waals surface area contributed by atoms with Gasteiger partial charge in [-0.1, -0.05) is 61.8 Å². The maximum absolute atomic E-state index is 15.3. The maximum atomic E-state index is 15.3. The van der Waals surface area contributed by atoms with E-state index < -0.39 is 36.2 Å². The molecule has 3 aromatic carbocycles. The fraction of sp³-hybridized carbons (Fsp3) is 0.358. The van der Waals surface area contributed by atoms with Crippen LogP contribution in [0.5, 0.6) is 5.75 Å². The number of thiophene rings is 1. The molecule has 3 amide bonds. The molecule has 4 N–H and O–H groups in total. The van der Waals surface area contributed by atoms with E-state index in [2.05, 4.69) is 49.7 Å². The van der Waals surface area contributed by atoms with E-state index in [1.54, 1.807) is 43.0 Å². The summed E-state index contributed by atoms with van der Waals surface area (Å²) < 4.78 is 25.0. The van der Waals surface area contributed by atoms with Crippen molar-refractivity contribution in [3.8, 4) is 33.1 Å². The summed E-state index contributed by atoms with van der Waals surface area (Å²) in [6, 6.07) is 16.8. The van der Waals surface area contributed by atoms with Crippen molar-refractivity contribution in [2.75, 3.05) is 13.1 Å². The van der Waals surface area contributed by atoms with E-state index in [0.29, 0.717) is 27.8 Å². The standard InChI is InChI=1S/C53H57ClFN11O5S/c1-27(2)49(52(70)64-25-41(67)20-44(64)51(69)60-30(5)34-9-11-35(12-10-34)47-31(6)57-26-58-47)65-24-38(23-59-65)37-17-40(55)19-42(18-37)71-28(3)22-56-45(68)21-43-50-63-62-33(8)66(50)53-46(29(4)32(7)72-53)48(61-43)36-13-15-39(54)16-14-36/h9-19,23-24,26-28,30,41,43-44,49,67H,20-22,25H2,1-8H3,(H,56,68)(H,57,58)(H,60,69)/t28-,30-,41+,43?,44-,49?/m0/s1. The summed E-state index contributed by atoms with van der Waals surface area (Å²) in [5.41, 5.74) is 8.27. The second-order valence-electron chi connectivity index (χ2n) is 19.0. The van der Waals surface area contributed by atoms with Crippen molar-refractivity contribution in [3.63, 3.8) is 0 Å². The van der Waals surface area contributed by atoms with Gasteiger partial charge in [0.1, 0.15) is 46.6 Å². The SMILES string of the molecule is Cc1[nH]cnc1-c1ccc([C@H](C)NC(=O)[C@@H]2C[C@@H](O)CN2C(=O)C(C(C)C)n2cc(-c3cc(F)cc(O[C@@H](C)CNC(=O)CC4N=C(c5ccc(Cl)cc5)c5c(sc(C)c5C)-n5c(C)nnc54)c3)cn2)cc1. The Bertz CT molecular complexity index is 3180. The van der Waals surface area contributed by atoms with Gasteiger partial charge in [-0.15, -0.1) is 21.5 Å². The van der Waals surface area contributed by atoms with Gasteiger partial charge in [-0.2, -0.15) is 5.10 Å². The van der Waals surface area contributed by atoms with Crippen molar-refractivity contribution in [1.29, 1.82) is 0 Å². The Morgan fingerprint density at radius 1 is 0.958 bits per heavy atom. The van der Waals surface area contributed by atoms with E-state index in [-0.39, 0.29) is 61.4 Å². The number of aliphatic hydroxyl groups is 1.